The minimum Gasteiger partial charge on any atom is -0.493 e. The summed E-state index contributed by atoms with van der Waals surface area (Å²) in [5.41, 5.74) is 2.31. The number of hydrogen-bond donors (Lipinski definition) is 0. The standard InChI is InChI=1S/C13H17O/c1-5-10(3)12-9-7-8-11(4)13(12)14-6-2/h5,7-9H,1,6H2,2-4H3. The number of ether oxygens (including phenoxy) is 1. The highest BCUT2D eigenvalue weighted by molar-refractivity contribution is 5.50. The van der Waals surface area contributed by atoms with Crippen LogP contribution in [-0.2, 0) is 0 Å². The van der Waals surface area contributed by atoms with Crippen LogP contribution in [0.25, 0.3) is 0 Å². The predicted octanol–water partition coefficient (Wildman–Crippen LogP) is 3.52. The maximum atomic E-state index is 5.62. The molecule has 0 aliphatic carbocycles. The molecule has 0 bridgehead atoms. The van der Waals surface area contributed by atoms with Gasteiger partial charge in [0, 0.05) is 11.5 Å². The molecule has 1 aromatic rings. The van der Waals surface area contributed by atoms with Gasteiger partial charge in [0.2, 0.25) is 0 Å². The maximum absolute atomic E-state index is 5.62. The summed E-state index contributed by atoms with van der Waals surface area (Å²) in [6, 6.07) is 6.17. The Balaban J connectivity index is 3.13. The van der Waals surface area contributed by atoms with E-state index >= 15 is 0 Å². The number of hydrogen-bond acceptors (Lipinski definition) is 1. The van der Waals surface area contributed by atoms with E-state index in [4.69, 9.17) is 4.74 Å². The first kappa shape index (κ1) is 10.8. The third-order valence-corrected chi connectivity index (χ3v) is 2.23. The molecule has 1 nitrogen and oxygen atoms in total. The molecule has 1 heteroatoms. The number of rotatable bonds is 4. The Labute approximate surface area is 86.4 Å². The topological polar surface area (TPSA) is 9.23 Å². The zero-order valence-corrected chi connectivity index (χ0v) is 9.13. The van der Waals surface area contributed by atoms with E-state index in [-0.39, 0.29) is 0 Å². The molecule has 0 unspecified atom stereocenters. The predicted molar refractivity (Wildman–Crippen MR) is 60.6 cm³/mol. The Kier molecular flexibility index (Phi) is 3.75. The quantitative estimate of drug-likeness (QED) is 0.704. The molecule has 0 aliphatic rings. The van der Waals surface area contributed by atoms with Crippen LogP contribution in [0, 0.1) is 12.8 Å². The van der Waals surface area contributed by atoms with Crippen LogP contribution in [0.3, 0.4) is 0 Å². The lowest BCUT2D eigenvalue weighted by atomic mass is 9.98. The van der Waals surface area contributed by atoms with Crippen molar-refractivity contribution in [2.45, 2.75) is 20.8 Å². The highest BCUT2D eigenvalue weighted by Crippen LogP contribution is 2.29. The monoisotopic (exact) mass is 189 g/mol. The molecule has 0 spiro atoms. The molecule has 0 saturated heterocycles. The minimum absolute atomic E-state index is 0.697. The second-order valence-corrected chi connectivity index (χ2v) is 3.27. The highest BCUT2D eigenvalue weighted by atomic mass is 16.5. The van der Waals surface area contributed by atoms with Gasteiger partial charge in [-0.1, -0.05) is 31.2 Å². The number of benzene rings is 1. The highest BCUT2D eigenvalue weighted by Gasteiger charge is 2.10. The van der Waals surface area contributed by atoms with Gasteiger partial charge in [-0.05, 0) is 19.4 Å². The lowest BCUT2D eigenvalue weighted by Gasteiger charge is -2.15. The van der Waals surface area contributed by atoms with E-state index in [2.05, 4.69) is 25.6 Å². The largest absolute Gasteiger partial charge is 0.493 e. The van der Waals surface area contributed by atoms with Crippen LogP contribution in [0.15, 0.2) is 30.9 Å². The second-order valence-electron chi connectivity index (χ2n) is 3.27. The molecular weight excluding hydrogens is 172 g/mol. The van der Waals surface area contributed by atoms with Crippen LogP contribution in [0.1, 0.15) is 25.0 Å². The molecule has 1 aromatic carbocycles. The van der Waals surface area contributed by atoms with Crippen molar-refractivity contribution in [1.82, 2.24) is 0 Å². The van der Waals surface area contributed by atoms with Crippen LogP contribution in [0.5, 0.6) is 5.75 Å². The fraction of sp³-hybridized carbons (Fsp3) is 0.308. The first-order valence-electron chi connectivity index (χ1n) is 4.89. The molecule has 0 aromatic heterocycles. The van der Waals surface area contributed by atoms with E-state index in [0.717, 1.165) is 17.2 Å². The van der Waals surface area contributed by atoms with E-state index in [0.29, 0.717) is 6.61 Å². The van der Waals surface area contributed by atoms with Crippen LogP contribution in [-0.4, -0.2) is 6.61 Å². The van der Waals surface area contributed by atoms with Crippen molar-refractivity contribution in [2.24, 2.45) is 0 Å². The number of aryl methyl sites for hydroxylation is 1. The summed E-state index contributed by atoms with van der Waals surface area (Å²) >= 11 is 0. The Morgan fingerprint density at radius 2 is 2.21 bits per heavy atom. The molecule has 75 valence electrons. The Hall–Kier alpha value is -1.24. The smallest absolute Gasteiger partial charge is 0.126 e. The molecule has 0 saturated carbocycles. The SMILES string of the molecule is C=C[C](C)c1cccc(C)c1OCC. The normalized spacial score (nSPS) is 10.3. The summed E-state index contributed by atoms with van der Waals surface area (Å²) in [7, 11) is 0. The third kappa shape index (κ3) is 2.16. The fourth-order valence-electron chi connectivity index (χ4n) is 1.41. The van der Waals surface area contributed by atoms with Crippen molar-refractivity contribution in [3.63, 3.8) is 0 Å². The van der Waals surface area contributed by atoms with Crippen molar-refractivity contribution in [2.75, 3.05) is 6.61 Å². The third-order valence-electron chi connectivity index (χ3n) is 2.23. The number of allylic oxidation sites excluding steroid dienone is 1. The average Bonchev–Trinajstić information content (AvgIpc) is 2.20. The van der Waals surface area contributed by atoms with Crippen LogP contribution in [0.4, 0.5) is 0 Å². The molecule has 0 aliphatic heterocycles. The van der Waals surface area contributed by atoms with Crippen LogP contribution in [0.2, 0.25) is 0 Å². The maximum Gasteiger partial charge on any atom is 0.126 e. The number of para-hydroxylation sites is 1. The van der Waals surface area contributed by atoms with Crippen LogP contribution < -0.4 is 4.74 Å². The summed E-state index contributed by atoms with van der Waals surface area (Å²) < 4.78 is 5.62. The van der Waals surface area contributed by atoms with E-state index in [1.54, 1.807) is 0 Å². The van der Waals surface area contributed by atoms with Gasteiger partial charge in [0.05, 0.1) is 6.61 Å². The molecule has 1 rings (SSSR count). The van der Waals surface area contributed by atoms with Crippen molar-refractivity contribution in [3.8, 4) is 5.75 Å². The molecule has 0 N–H and O–H groups in total. The van der Waals surface area contributed by atoms with Gasteiger partial charge in [-0.15, -0.1) is 6.58 Å². The van der Waals surface area contributed by atoms with E-state index < -0.39 is 0 Å². The zero-order valence-electron chi connectivity index (χ0n) is 9.13. The van der Waals surface area contributed by atoms with Crippen molar-refractivity contribution < 1.29 is 4.74 Å². The van der Waals surface area contributed by atoms with Crippen molar-refractivity contribution >= 4 is 0 Å². The van der Waals surface area contributed by atoms with Gasteiger partial charge in [-0.2, -0.15) is 0 Å². The summed E-state index contributed by atoms with van der Waals surface area (Å²) in [5.74, 6) is 2.13. The summed E-state index contributed by atoms with van der Waals surface area (Å²) in [4.78, 5) is 0. The van der Waals surface area contributed by atoms with Crippen LogP contribution >= 0.6 is 0 Å². The molecule has 0 heterocycles. The lowest BCUT2D eigenvalue weighted by molar-refractivity contribution is 0.335. The fourth-order valence-corrected chi connectivity index (χ4v) is 1.41. The van der Waals surface area contributed by atoms with Gasteiger partial charge in [-0.25, -0.2) is 0 Å². The molecule has 0 fully saturated rings. The molecule has 0 amide bonds. The summed E-state index contributed by atoms with van der Waals surface area (Å²) in [6.45, 7) is 10.6. The lowest BCUT2D eigenvalue weighted by Crippen LogP contribution is -2.01. The van der Waals surface area contributed by atoms with Crippen molar-refractivity contribution in [3.05, 3.63) is 47.9 Å². The summed E-state index contributed by atoms with van der Waals surface area (Å²) in [6.07, 6.45) is 1.86. The van der Waals surface area contributed by atoms with Crippen molar-refractivity contribution in [1.29, 1.82) is 0 Å². The van der Waals surface area contributed by atoms with Gasteiger partial charge < -0.3 is 4.74 Å². The van der Waals surface area contributed by atoms with E-state index in [1.165, 1.54) is 5.56 Å². The average molecular weight is 189 g/mol. The van der Waals surface area contributed by atoms with Gasteiger partial charge in [0.15, 0.2) is 0 Å². The Morgan fingerprint density at radius 1 is 1.50 bits per heavy atom. The molecule has 0 atom stereocenters. The summed E-state index contributed by atoms with van der Waals surface area (Å²) in [5, 5.41) is 0. The first-order chi connectivity index (χ1) is 6.70. The molecular formula is C13H17O. The molecule has 14 heavy (non-hydrogen) atoms. The van der Waals surface area contributed by atoms with E-state index in [1.807, 2.05) is 26.0 Å². The Morgan fingerprint density at radius 3 is 2.79 bits per heavy atom. The van der Waals surface area contributed by atoms with Gasteiger partial charge in [0.1, 0.15) is 5.75 Å². The van der Waals surface area contributed by atoms with Gasteiger partial charge >= 0.3 is 0 Å². The van der Waals surface area contributed by atoms with Gasteiger partial charge in [-0.3, -0.25) is 0 Å². The van der Waals surface area contributed by atoms with Gasteiger partial charge in [0.25, 0.3) is 0 Å². The minimum atomic E-state index is 0.697. The Bertz CT molecular complexity index is 315. The van der Waals surface area contributed by atoms with E-state index in [9.17, 15) is 0 Å². The first-order valence-corrected chi connectivity index (χ1v) is 4.89. The molecule has 1 radical (unpaired) electrons. The second kappa shape index (κ2) is 4.85. The zero-order chi connectivity index (χ0) is 10.6.